The number of nitrogens with one attached hydrogen (secondary N) is 1. The molecule has 3 rings (SSSR count). The van der Waals surface area contributed by atoms with Crippen molar-refractivity contribution in [2.75, 3.05) is 30.7 Å². The number of amides is 1. The van der Waals surface area contributed by atoms with Crippen LogP contribution in [0.1, 0.15) is 25.7 Å². The van der Waals surface area contributed by atoms with Gasteiger partial charge in [0, 0.05) is 18.2 Å². The second-order valence-corrected chi connectivity index (χ2v) is 6.53. The molecule has 1 aliphatic carbocycles. The Bertz CT molecular complexity index is 455. The fourth-order valence-corrected chi connectivity index (χ4v) is 3.14. The van der Waals surface area contributed by atoms with E-state index < -0.39 is 0 Å². The highest BCUT2D eigenvalue weighted by atomic mass is 32.2. The quantitative estimate of drug-likeness (QED) is 0.813. The van der Waals surface area contributed by atoms with Crippen LogP contribution >= 0.6 is 11.8 Å². The third-order valence-corrected chi connectivity index (χ3v) is 4.60. The van der Waals surface area contributed by atoms with Crippen molar-refractivity contribution in [3.05, 3.63) is 12.1 Å². The Kier molecular flexibility index (Phi) is 4.52. The van der Waals surface area contributed by atoms with Crippen molar-refractivity contribution in [2.24, 2.45) is 5.92 Å². The molecule has 5 nitrogen and oxygen atoms in total. The summed E-state index contributed by atoms with van der Waals surface area (Å²) in [5.74, 6) is 1.88. The van der Waals surface area contributed by atoms with Gasteiger partial charge in [0.1, 0.15) is 5.03 Å². The first-order valence-corrected chi connectivity index (χ1v) is 8.29. The summed E-state index contributed by atoms with van der Waals surface area (Å²) in [7, 11) is 0. The minimum atomic E-state index is 0.0775. The molecule has 1 N–H and O–H groups in total. The fourth-order valence-electron chi connectivity index (χ4n) is 2.32. The van der Waals surface area contributed by atoms with Crippen LogP contribution in [0.5, 0.6) is 0 Å². The van der Waals surface area contributed by atoms with Gasteiger partial charge < -0.3 is 10.2 Å². The van der Waals surface area contributed by atoms with Gasteiger partial charge in [-0.25, -0.2) is 0 Å². The van der Waals surface area contributed by atoms with Crippen LogP contribution in [0.4, 0.5) is 5.82 Å². The van der Waals surface area contributed by atoms with Crippen molar-refractivity contribution < 1.29 is 4.79 Å². The summed E-state index contributed by atoms with van der Waals surface area (Å²) >= 11 is 1.73. The highest BCUT2D eigenvalue weighted by molar-refractivity contribution is 7.99. The van der Waals surface area contributed by atoms with Crippen molar-refractivity contribution >= 4 is 23.5 Å². The molecule has 1 aromatic heterocycles. The third-order valence-electron chi connectivity index (χ3n) is 3.70. The minimum absolute atomic E-state index is 0.0775. The zero-order valence-electron chi connectivity index (χ0n) is 11.5. The predicted molar refractivity (Wildman–Crippen MR) is 79.8 cm³/mol. The van der Waals surface area contributed by atoms with Crippen molar-refractivity contribution in [3.8, 4) is 0 Å². The number of hydrogen-bond donors (Lipinski definition) is 1. The van der Waals surface area contributed by atoms with E-state index in [0.717, 1.165) is 30.2 Å². The molecule has 108 valence electrons. The topological polar surface area (TPSA) is 58.1 Å². The Morgan fingerprint density at radius 1 is 1.30 bits per heavy atom. The van der Waals surface area contributed by atoms with Gasteiger partial charge in [-0.2, -0.15) is 0 Å². The standard InChI is InChI=1S/C14H20N4OS/c19-14(11-3-4-11)15-12-5-6-13(17-16-12)20-10-9-18-7-1-2-8-18/h5-6,11H,1-4,7-10H2,(H,15,16,19). The van der Waals surface area contributed by atoms with E-state index in [2.05, 4.69) is 20.4 Å². The molecule has 0 radical (unpaired) electrons. The maximum absolute atomic E-state index is 11.6. The van der Waals surface area contributed by atoms with Crippen LogP contribution in [0.15, 0.2) is 17.2 Å². The number of anilines is 1. The van der Waals surface area contributed by atoms with Crippen LogP contribution in [0.25, 0.3) is 0 Å². The molecule has 0 unspecified atom stereocenters. The molecular weight excluding hydrogens is 272 g/mol. The van der Waals surface area contributed by atoms with E-state index in [1.807, 2.05) is 12.1 Å². The highest BCUT2D eigenvalue weighted by Gasteiger charge is 2.29. The van der Waals surface area contributed by atoms with E-state index in [0.29, 0.717) is 5.82 Å². The average molecular weight is 292 g/mol. The Balaban J connectivity index is 1.42. The molecule has 0 aromatic carbocycles. The molecule has 1 aromatic rings. The highest BCUT2D eigenvalue weighted by Crippen LogP contribution is 2.29. The first-order chi connectivity index (χ1) is 9.81. The number of rotatable bonds is 6. The Hall–Kier alpha value is -1.14. The summed E-state index contributed by atoms with van der Waals surface area (Å²) in [6, 6.07) is 3.77. The largest absolute Gasteiger partial charge is 0.309 e. The molecule has 6 heteroatoms. The summed E-state index contributed by atoms with van der Waals surface area (Å²) in [5.41, 5.74) is 0. The van der Waals surface area contributed by atoms with Crippen LogP contribution < -0.4 is 5.32 Å². The van der Waals surface area contributed by atoms with Crippen molar-refractivity contribution in [1.82, 2.24) is 15.1 Å². The van der Waals surface area contributed by atoms with Crippen LogP contribution in [-0.4, -0.2) is 46.4 Å². The van der Waals surface area contributed by atoms with E-state index >= 15 is 0 Å². The zero-order chi connectivity index (χ0) is 13.8. The van der Waals surface area contributed by atoms with E-state index in [-0.39, 0.29) is 11.8 Å². The number of aromatic nitrogens is 2. The van der Waals surface area contributed by atoms with E-state index in [1.165, 1.54) is 25.9 Å². The summed E-state index contributed by atoms with van der Waals surface area (Å²) in [6.45, 7) is 3.59. The smallest absolute Gasteiger partial charge is 0.228 e. The third kappa shape index (κ3) is 3.93. The van der Waals surface area contributed by atoms with Crippen molar-refractivity contribution in [3.63, 3.8) is 0 Å². The lowest BCUT2D eigenvalue weighted by molar-refractivity contribution is -0.117. The maximum atomic E-state index is 11.6. The summed E-state index contributed by atoms with van der Waals surface area (Å²) in [4.78, 5) is 14.1. The van der Waals surface area contributed by atoms with Gasteiger partial charge in [0.15, 0.2) is 5.82 Å². The molecule has 2 heterocycles. The predicted octanol–water partition coefficient (Wildman–Crippen LogP) is 2.01. The normalized spacial score (nSPS) is 19.2. The lowest BCUT2D eigenvalue weighted by atomic mass is 10.4. The second kappa shape index (κ2) is 6.54. The van der Waals surface area contributed by atoms with Crippen LogP contribution in [0, 0.1) is 5.92 Å². The number of likely N-dealkylation sites (tertiary alicyclic amines) is 1. The summed E-state index contributed by atoms with van der Waals surface area (Å²) < 4.78 is 0. The zero-order valence-corrected chi connectivity index (χ0v) is 12.4. The number of thioether (sulfide) groups is 1. The Morgan fingerprint density at radius 2 is 2.10 bits per heavy atom. The van der Waals surface area contributed by atoms with Crippen LogP contribution in [0.3, 0.4) is 0 Å². The molecule has 0 spiro atoms. The number of carbonyl (C=O) groups excluding carboxylic acids is 1. The van der Waals surface area contributed by atoms with E-state index in [4.69, 9.17) is 0 Å². The van der Waals surface area contributed by atoms with Gasteiger partial charge in [-0.15, -0.1) is 22.0 Å². The maximum Gasteiger partial charge on any atom is 0.228 e. The molecule has 1 aliphatic heterocycles. The van der Waals surface area contributed by atoms with Crippen molar-refractivity contribution in [1.29, 1.82) is 0 Å². The fraction of sp³-hybridized carbons (Fsp3) is 0.643. The van der Waals surface area contributed by atoms with Crippen molar-refractivity contribution in [2.45, 2.75) is 30.7 Å². The molecule has 2 aliphatic rings. The average Bonchev–Trinajstić information content (AvgIpc) is 3.19. The minimum Gasteiger partial charge on any atom is -0.309 e. The molecule has 2 fully saturated rings. The summed E-state index contributed by atoms with van der Waals surface area (Å²) in [6.07, 6.45) is 4.67. The molecule has 0 bridgehead atoms. The first-order valence-electron chi connectivity index (χ1n) is 7.31. The van der Waals surface area contributed by atoms with E-state index in [1.54, 1.807) is 11.8 Å². The number of hydrogen-bond acceptors (Lipinski definition) is 5. The first kappa shape index (κ1) is 13.8. The Morgan fingerprint density at radius 3 is 2.75 bits per heavy atom. The van der Waals surface area contributed by atoms with Gasteiger partial charge >= 0.3 is 0 Å². The van der Waals surface area contributed by atoms with Crippen LogP contribution in [-0.2, 0) is 4.79 Å². The number of carbonyl (C=O) groups is 1. The second-order valence-electron chi connectivity index (χ2n) is 5.42. The van der Waals surface area contributed by atoms with Crippen LogP contribution in [0.2, 0.25) is 0 Å². The summed E-state index contributed by atoms with van der Waals surface area (Å²) in [5, 5.41) is 11.9. The lowest BCUT2D eigenvalue weighted by Crippen LogP contribution is -2.21. The van der Waals surface area contributed by atoms with Gasteiger partial charge in [0.2, 0.25) is 5.91 Å². The van der Waals surface area contributed by atoms with Gasteiger partial charge in [-0.1, -0.05) is 0 Å². The van der Waals surface area contributed by atoms with E-state index in [9.17, 15) is 4.79 Å². The van der Waals surface area contributed by atoms with Gasteiger partial charge in [-0.3, -0.25) is 4.79 Å². The molecule has 20 heavy (non-hydrogen) atoms. The van der Waals surface area contributed by atoms with Gasteiger partial charge in [0.25, 0.3) is 0 Å². The van der Waals surface area contributed by atoms with Gasteiger partial charge in [-0.05, 0) is 50.9 Å². The lowest BCUT2D eigenvalue weighted by Gasteiger charge is -2.13. The van der Waals surface area contributed by atoms with Gasteiger partial charge in [0.05, 0.1) is 0 Å². The molecule has 1 saturated carbocycles. The molecular formula is C14H20N4OS. The molecule has 1 amide bonds. The molecule has 1 saturated heterocycles. The molecule has 0 atom stereocenters. The number of nitrogens with zero attached hydrogens (tertiary/aromatic N) is 3. The SMILES string of the molecule is O=C(Nc1ccc(SCCN2CCCC2)nn1)C1CC1. The Labute approximate surface area is 123 Å². The monoisotopic (exact) mass is 292 g/mol.